The fourth-order valence-electron chi connectivity index (χ4n) is 0.831. The van der Waals surface area contributed by atoms with Crippen molar-refractivity contribution in [1.29, 1.82) is 0 Å². The molecule has 0 aromatic heterocycles. The summed E-state index contributed by atoms with van der Waals surface area (Å²) >= 11 is 0. The number of nitrogens with zero attached hydrogens (tertiary/aromatic N) is 1. The molecule has 1 amide bonds. The quantitative estimate of drug-likeness (QED) is 0.538. The first-order chi connectivity index (χ1) is 4.43. The minimum Gasteiger partial charge on any atom is -0.293 e. The van der Waals surface area contributed by atoms with E-state index in [1.807, 2.05) is 12.3 Å². The van der Waals surface area contributed by atoms with Crippen LogP contribution >= 0.6 is 0 Å². The molecule has 0 bridgehead atoms. The number of hydrogen-bond acceptors (Lipinski definition) is 2. The third kappa shape index (κ3) is 1.76. The average Bonchev–Trinajstić information content (AvgIpc) is 1.91. The maximum atomic E-state index is 9.89. The Morgan fingerprint density at radius 2 is 2.56 bits per heavy atom. The Kier molecular flexibility index (Phi) is 2.13. The number of nitrogens with one attached hydrogen (secondary N) is 1. The molecule has 1 aliphatic heterocycles. The summed E-state index contributed by atoms with van der Waals surface area (Å²) in [5, 5.41) is 1.77. The van der Waals surface area contributed by atoms with Gasteiger partial charge in [0.1, 0.15) is 0 Å². The predicted octanol–water partition coefficient (Wildman–Crippen LogP) is 0.257. The number of carbonyl (C=O) groups is 1. The van der Waals surface area contributed by atoms with Gasteiger partial charge >= 0.3 is 0 Å². The minimum atomic E-state index is 0.690. The van der Waals surface area contributed by atoms with Gasteiger partial charge in [-0.25, -0.2) is 0 Å². The lowest BCUT2D eigenvalue weighted by atomic mass is 10.2. The zero-order chi connectivity index (χ0) is 6.53. The van der Waals surface area contributed by atoms with E-state index in [2.05, 4.69) is 5.43 Å². The lowest BCUT2D eigenvalue weighted by Crippen LogP contribution is -2.34. The van der Waals surface area contributed by atoms with Crippen LogP contribution in [0.15, 0.2) is 12.3 Å². The van der Waals surface area contributed by atoms with Crippen LogP contribution in [0.25, 0.3) is 0 Å². The van der Waals surface area contributed by atoms with Crippen LogP contribution in [-0.4, -0.2) is 18.0 Å². The van der Waals surface area contributed by atoms with Crippen LogP contribution < -0.4 is 5.43 Å². The normalized spacial score (nSPS) is 17.6. The van der Waals surface area contributed by atoms with Crippen molar-refractivity contribution in [2.24, 2.45) is 0 Å². The molecule has 3 heteroatoms. The van der Waals surface area contributed by atoms with Crippen molar-refractivity contribution in [1.82, 2.24) is 10.4 Å². The third-order valence-corrected chi connectivity index (χ3v) is 1.27. The Labute approximate surface area is 54.3 Å². The highest BCUT2D eigenvalue weighted by molar-refractivity contribution is 5.45. The summed E-state index contributed by atoms with van der Waals surface area (Å²) < 4.78 is 0. The van der Waals surface area contributed by atoms with Crippen LogP contribution in [0.2, 0.25) is 0 Å². The molecule has 1 N–H and O–H groups in total. The van der Waals surface area contributed by atoms with Gasteiger partial charge in [-0.15, -0.1) is 0 Å². The SMILES string of the molecule is O=CNN1C=CCCC1. The first-order valence-electron chi connectivity index (χ1n) is 3.06. The number of carbonyl (C=O) groups excluding carboxylic acids is 1. The monoisotopic (exact) mass is 126 g/mol. The first kappa shape index (κ1) is 6.13. The first-order valence-corrected chi connectivity index (χ1v) is 3.06. The molecule has 50 valence electrons. The van der Waals surface area contributed by atoms with Gasteiger partial charge in [-0.3, -0.25) is 15.2 Å². The maximum Gasteiger partial charge on any atom is 0.225 e. The molecule has 1 heterocycles. The fourth-order valence-corrected chi connectivity index (χ4v) is 0.831. The molecule has 0 aromatic carbocycles. The zero-order valence-electron chi connectivity index (χ0n) is 5.21. The summed E-state index contributed by atoms with van der Waals surface area (Å²) in [5.74, 6) is 0. The van der Waals surface area contributed by atoms with Gasteiger partial charge in [0, 0.05) is 12.7 Å². The van der Waals surface area contributed by atoms with E-state index < -0.39 is 0 Å². The molecular weight excluding hydrogens is 116 g/mol. The van der Waals surface area contributed by atoms with Gasteiger partial charge in [0.2, 0.25) is 6.41 Å². The highest BCUT2D eigenvalue weighted by Gasteiger charge is 1.99. The lowest BCUT2D eigenvalue weighted by Gasteiger charge is -2.20. The Hall–Kier alpha value is -0.990. The molecule has 3 nitrogen and oxygen atoms in total. The maximum absolute atomic E-state index is 9.89. The second kappa shape index (κ2) is 3.12. The molecule has 0 spiro atoms. The second-order valence-electron chi connectivity index (χ2n) is 1.97. The van der Waals surface area contributed by atoms with E-state index >= 15 is 0 Å². The Morgan fingerprint density at radius 1 is 1.67 bits per heavy atom. The molecule has 0 unspecified atom stereocenters. The van der Waals surface area contributed by atoms with E-state index in [0.29, 0.717) is 6.41 Å². The van der Waals surface area contributed by atoms with Crippen molar-refractivity contribution >= 4 is 6.41 Å². The van der Waals surface area contributed by atoms with E-state index in [-0.39, 0.29) is 0 Å². The van der Waals surface area contributed by atoms with Crippen molar-refractivity contribution in [3.63, 3.8) is 0 Å². The molecule has 0 radical (unpaired) electrons. The van der Waals surface area contributed by atoms with Gasteiger partial charge in [-0.2, -0.15) is 0 Å². The van der Waals surface area contributed by atoms with Gasteiger partial charge in [0.05, 0.1) is 0 Å². The number of hydrazine groups is 1. The molecule has 0 aromatic rings. The Bertz CT molecular complexity index is 122. The summed E-state index contributed by atoms with van der Waals surface area (Å²) in [5.41, 5.74) is 2.55. The standard InChI is InChI=1S/C6H10N2O/c9-6-7-8-4-2-1-3-5-8/h2,4,6H,1,3,5H2,(H,7,9). The smallest absolute Gasteiger partial charge is 0.225 e. The topological polar surface area (TPSA) is 32.3 Å². The third-order valence-electron chi connectivity index (χ3n) is 1.27. The molecule has 9 heavy (non-hydrogen) atoms. The van der Waals surface area contributed by atoms with Crippen LogP contribution in [0.1, 0.15) is 12.8 Å². The highest BCUT2D eigenvalue weighted by Crippen LogP contribution is 2.00. The van der Waals surface area contributed by atoms with Crippen LogP contribution in [0.5, 0.6) is 0 Å². The van der Waals surface area contributed by atoms with Gasteiger partial charge in [-0.05, 0) is 12.8 Å². The largest absolute Gasteiger partial charge is 0.293 e. The Balaban J connectivity index is 2.31. The number of amides is 1. The van der Waals surface area contributed by atoms with Crippen molar-refractivity contribution < 1.29 is 4.79 Å². The van der Waals surface area contributed by atoms with Crippen LogP contribution in [0.4, 0.5) is 0 Å². The van der Waals surface area contributed by atoms with E-state index in [9.17, 15) is 4.79 Å². The summed E-state index contributed by atoms with van der Waals surface area (Å²) in [7, 11) is 0. The average molecular weight is 126 g/mol. The highest BCUT2D eigenvalue weighted by atomic mass is 16.1. The van der Waals surface area contributed by atoms with Crippen LogP contribution in [-0.2, 0) is 4.79 Å². The van der Waals surface area contributed by atoms with Gasteiger partial charge in [-0.1, -0.05) is 6.08 Å². The molecule has 0 fully saturated rings. The van der Waals surface area contributed by atoms with Crippen molar-refractivity contribution in [3.8, 4) is 0 Å². The molecule has 0 aliphatic carbocycles. The Morgan fingerprint density at radius 3 is 3.11 bits per heavy atom. The van der Waals surface area contributed by atoms with Gasteiger partial charge in [0.25, 0.3) is 0 Å². The van der Waals surface area contributed by atoms with Crippen molar-refractivity contribution in [2.75, 3.05) is 6.54 Å². The van der Waals surface area contributed by atoms with Crippen molar-refractivity contribution in [2.45, 2.75) is 12.8 Å². The molecule has 1 aliphatic rings. The fraction of sp³-hybridized carbons (Fsp3) is 0.500. The summed E-state index contributed by atoms with van der Waals surface area (Å²) in [6.07, 6.45) is 6.86. The molecule has 1 rings (SSSR count). The molecule has 0 saturated carbocycles. The lowest BCUT2D eigenvalue weighted by molar-refractivity contribution is -0.112. The van der Waals surface area contributed by atoms with Crippen molar-refractivity contribution in [3.05, 3.63) is 12.3 Å². The minimum absolute atomic E-state index is 0.690. The van der Waals surface area contributed by atoms with Gasteiger partial charge < -0.3 is 0 Å². The van der Waals surface area contributed by atoms with E-state index in [4.69, 9.17) is 0 Å². The van der Waals surface area contributed by atoms with E-state index in [1.54, 1.807) is 5.01 Å². The second-order valence-corrected chi connectivity index (χ2v) is 1.97. The molecular formula is C6H10N2O. The van der Waals surface area contributed by atoms with Crippen LogP contribution in [0, 0.1) is 0 Å². The number of allylic oxidation sites excluding steroid dienone is 1. The molecule has 0 saturated heterocycles. The predicted molar refractivity (Wildman–Crippen MR) is 34.3 cm³/mol. The van der Waals surface area contributed by atoms with E-state index in [1.165, 1.54) is 0 Å². The molecule has 0 atom stereocenters. The number of hydrogen-bond donors (Lipinski definition) is 1. The summed E-state index contributed by atoms with van der Waals surface area (Å²) in [6, 6.07) is 0. The number of rotatable bonds is 2. The van der Waals surface area contributed by atoms with Gasteiger partial charge in [0.15, 0.2) is 0 Å². The zero-order valence-corrected chi connectivity index (χ0v) is 5.21. The summed E-state index contributed by atoms with van der Waals surface area (Å²) in [6.45, 7) is 0.926. The van der Waals surface area contributed by atoms with E-state index in [0.717, 1.165) is 19.4 Å². The van der Waals surface area contributed by atoms with Crippen LogP contribution in [0.3, 0.4) is 0 Å². The summed E-state index contributed by atoms with van der Waals surface area (Å²) in [4.78, 5) is 9.89.